The van der Waals surface area contributed by atoms with Gasteiger partial charge in [0.2, 0.25) is 0 Å². The first-order chi connectivity index (χ1) is 16.1. The molecule has 6 heterocycles. The SMILES string of the molecule is O=c1cccc2n1C[C@H]1C[C@@H]2CN(CCCCCN2C[C@@H]3C[C@H](C2)c2cccc(=O)n2C3)C1. The third-order valence-corrected chi connectivity index (χ3v) is 8.56. The Bertz CT molecular complexity index is 1030. The molecular formula is C27H36N4O2. The maximum absolute atomic E-state index is 12.2. The molecule has 6 heteroatoms. The second-order valence-corrected chi connectivity index (χ2v) is 11.0. The molecule has 0 amide bonds. The van der Waals surface area contributed by atoms with Crippen LogP contribution in [-0.2, 0) is 13.1 Å². The van der Waals surface area contributed by atoms with E-state index in [0.29, 0.717) is 23.7 Å². The molecule has 0 spiro atoms. The number of unbranched alkanes of at least 4 members (excludes halogenated alkanes) is 2. The van der Waals surface area contributed by atoms with E-state index in [4.69, 9.17) is 0 Å². The molecule has 4 aliphatic rings. The van der Waals surface area contributed by atoms with Gasteiger partial charge in [0.1, 0.15) is 0 Å². The van der Waals surface area contributed by atoms with E-state index in [-0.39, 0.29) is 11.1 Å². The minimum absolute atomic E-state index is 0.174. The highest BCUT2D eigenvalue weighted by atomic mass is 16.1. The predicted octanol–water partition coefficient (Wildman–Crippen LogP) is 2.72. The summed E-state index contributed by atoms with van der Waals surface area (Å²) in [4.78, 5) is 29.7. The van der Waals surface area contributed by atoms with E-state index in [1.807, 2.05) is 21.3 Å². The quantitative estimate of drug-likeness (QED) is 0.638. The highest BCUT2D eigenvalue weighted by molar-refractivity contribution is 5.18. The van der Waals surface area contributed by atoms with Gasteiger partial charge in [0.05, 0.1) is 0 Å². The van der Waals surface area contributed by atoms with Crippen molar-refractivity contribution in [2.75, 3.05) is 39.3 Å². The Morgan fingerprint density at radius 1 is 0.606 bits per heavy atom. The van der Waals surface area contributed by atoms with Gasteiger partial charge in [-0.2, -0.15) is 0 Å². The second kappa shape index (κ2) is 8.88. The molecule has 2 fully saturated rings. The van der Waals surface area contributed by atoms with Gasteiger partial charge in [-0.05, 0) is 62.7 Å². The van der Waals surface area contributed by atoms with Crippen molar-refractivity contribution in [1.82, 2.24) is 18.9 Å². The smallest absolute Gasteiger partial charge is 0.250 e. The number of pyridine rings is 2. The highest BCUT2D eigenvalue weighted by Gasteiger charge is 2.35. The molecule has 2 saturated heterocycles. The summed E-state index contributed by atoms with van der Waals surface area (Å²) in [6.45, 7) is 8.67. The molecule has 0 N–H and O–H groups in total. The zero-order valence-electron chi connectivity index (χ0n) is 19.6. The monoisotopic (exact) mass is 448 g/mol. The Morgan fingerprint density at radius 3 is 1.58 bits per heavy atom. The maximum atomic E-state index is 12.2. The molecule has 4 bridgehead atoms. The topological polar surface area (TPSA) is 50.5 Å². The van der Waals surface area contributed by atoms with Gasteiger partial charge >= 0.3 is 0 Å². The van der Waals surface area contributed by atoms with E-state index in [9.17, 15) is 9.59 Å². The molecule has 0 unspecified atom stereocenters. The van der Waals surface area contributed by atoms with Gasteiger partial charge in [0.25, 0.3) is 11.1 Å². The highest BCUT2D eigenvalue weighted by Crippen LogP contribution is 2.36. The lowest BCUT2D eigenvalue weighted by Gasteiger charge is -2.43. The summed E-state index contributed by atoms with van der Waals surface area (Å²) in [7, 11) is 0. The first kappa shape index (κ1) is 21.4. The van der Waals surface area contributed by atoms with Gasteiger partial charge in [-0.25, -0.2) is 0 Å². The first-order valence-corrected chi connectivity index (χ1v) is 13.0. The zero-order chi connectivity index (χ0) is 22.4. The van der Waals surface area contributed by atoms with Crippen LogP contribution >= 0.6 is 0 Å². The van der Waals surface area contributed by atoms with E-state index in [0.717, 1.165) is 39.3 Å². The Labute approximate surface area is 195 Å². The normalized spacial score (nSPS) is 28.8. The van der Waals surface area contributed by atoms with Crippen molar-refractivity contribution in [3.63, 3.8) is 0 Å². The minimum atomic E-state index is 0.174. The summed E-state index contributed by atoms with van der Waals surface area (Å²) in [6.07, 6.45) is 6.29. The molecule has 6 nitrogen and oxygen atoms in total. The summed E-state index contributed by atoms with van der Waals surface area (Å²) in [6, 6.07) is 11.6. The Morgan fingerprint density at radius 2 is 1.09 bits per heavy atom. The molecule has 2 aromatic heterocycles. The van der Waals surface area contributed by atoms with E-state index in [1.54, 1.807) is 12.1 Å². The molecule has 0 aliphatic carbocycles. The zero-order valence-corrected chi connectivity index (χ0v) is 19.6. The van der Waals surface area contributed by atoms with Gasteiger partial charge in [-0.1, -0.05) is 18.6 Å². The van der Waals surface area contributed by atoms with Crippen molar-refractivity contribution in [3.05, 3.63) is 68.5 Å². The van der Waals surface area contributed by atoms with Gasteiger partial charge in [0.15, 0.2) is 0 Å². The molecule has 0 aromatic carbocycles. The Kier molecular flexibility index (Phi) is 5.75. The molecule has 4 aliphatic heterocycles. The van der Waals surface area contributed by atoms with Crippen molar-refractivity contribution in [1.29, 1.82) is 0 Å². The third kappa shape index (κ3) is 4.24. The number of piperidine rings is 2. The average Bonchev–Trinajstić information content (AvgIpc) is 2.80. The molecule has 2 aromatic rings. The van der Waals surface area contributed by atoms with Crippen LogP contribution in [0.25, 0.3) is 0 Å². The van der Waals surface area contributed by atoms with Crippen LogP contribution < -0.4 is 11.1 Å². The molecule has 0 radical (unpaired) electrons. The molecule has 176 valence electrons. The lowest BCUT2D eigenvalue weighted by Crippen LogP contribution is -2.47. The molecular weight excluding hydrogens is 412 g/mol. The third-order valence-electron chi connectivity index (χ3n) is 8.56. The summed E-state index contributed by atoms with van der Waals surface area (Å²) in [5.41, 5.74) is 2.85. The fourth-order valence-electron chi connectivity index (χ4n) is 7.20. The Balaban J connectivity index is 0.968. The summed E-state index contributed by atoms with van der Waals surface area (Å²) < 4.78 is 4.05. The predicted molar refractivity (Wildman–Crippen MR) is 130 cm³/mol. The molecule has 6 rings (SSSR count). The van der Waals surface area contributed by atoms with Crippen molar-refractivity contribution in [2.24, 2.45) is 11.8 Å². The standard InChI is InChI=1S/C27H36N4O2/c32-26-8-4-6-24-22-12-20(16-30(24)26)14-28(18-22)10-2-1-3-11-29-15-21-13-23(19-29)25-7-5-9-27(33)31(25)17-21/h4-9,20-23H,1-3,10-19H2/t20-,21-,22+,23+/m0/s1. The van der Waals surface area contributed by atoms with Crippen molar-refractivity contribution in [2.45, 2.75) is 57.0 Å². The first-order valence-electron chi connectivity index (χ1n) is 13.0. The summed E-state index contributed by atoms with van der Waals surface area (Å²) >= 11 is 0. The largest absolute Gasteiger partial charge is 0.312 e. The second-order valence-electron chi connectivity index (χ2n) is 11.0. The minimum Gasteiger partial charge on any atom is -0.312 e. The van der Waals surface area contributed by atoms with Crippen LogP contribution in [0.2, 0.25) is 0 Å². The number of fused-ring (bicyclic) bond motifs is 8. The van der Waals surface area contributed by atoms with E-state index < -0.39 is 0 Å². The lowest BCUT2D eigenvalue weighted by atomic mass is 9.83. The molecule has 0 saturated carbocycles. The van der Waals surface area contributed by atoms with Crippen LogP contribution in [0.3, 0.4) is 0 Å². The van der Waals surface area contributed by atoms with Gasteiger partial charge in [-0.15, -0.1) is 0 Å². The fourth-order valence-corrected chi connectivity index (χ4v) is 7.20. The lowest BCUT2D eigenvalue weighted by molar-refractivity contribution is 0.111. The van der Waals surface area contributed by atoms with E-state index >= 15 is 0 Å². The molecule has 33 heavy (non-hydrogen) atoms. The summed E-state index contributed by atoms with van der Waals surface area (Å²) in [5.74, 6) is 2.29. The van der Waals surface area contributed by atoms with Crippen LogP contribution in [-0.4, -0.2) is 58.2 Å². The van der Waals surface area contributed by atoms with Crippen LogP contribution in [0.4, 0.5) is 0 Å². The van der Waals surface area contributed by atoms with E-state index in [2.05, 4.69) is 21.9 Å². The molecule has 4 atom stereocenters. The van der Waals surface area contributed by atoms with Crippen molar-refractivity contribution < 1.29 is 0 Å². The summed E-state index contributed by atoms with van der Waals surface area (Å²) in [5, 5.41) is 0. The van der Waals surface area contributed by atoms with Gasteiger partial charge in [-0.3, -0.25) is 9.59 Å². The van der Waals surface area contributed by atoms with E-state index in [1.165, 1.54) is 56.6 Å². The number of likely N-dealkylation sites (tertiary alicyclic amines) is 2. The van der Waals surface area contributed by atoms with Gasteiger partial charge in [0, 0.05) is 74.6 Å². The number of aromatic nitrogens is 2. The van der Waals surface area contributed by atoms with Crippen molar-refractivity contribution in [3.8, 4) is 0 Å². The number of hydrogen-bond acceptors (Lipinski definition) is 4. The Hall–Kier alpha value is -2.18. The van der Waals surface area contributed by atoms with Crippen LogP contribution in [0, 0.1) is 11.8 Å². The van der Waals surface area contributed by atoms with Crippen LogP contribution in [0.1, 0.15) is 55.3 Å². The van der Waals surface area contributed by atoms with Crippen molar-refractivity contribution >= 4 is 0 Å². The average molecular weight is 449 g/mol. The number of nitrogens with zero attached hydrogens (tertiary/aromatic N) is 4. The number of hydrogen-bond donors (Lipinski definition) is 0. The maximum Gasteiger partial charge on any atom is 0.250 e. The fraction of sp³-hybridized carbons (Fsp3) is 0.630. The van der Waals surface area contributed by atoms with Crippen LogP contribution in [0.15, 0.2) is 46.0 Å². The van der Waals surface area contributed by atoms with Crippen LogP contribution in [0.5, 0.6) is 0 Å². The van der Waals surface area contributed by atoms with Gasteiger partial charge < -0.3 is 18.9 Å². The number of rotatable bonds is 6.